The zero-order chi connectivity index (χ0) is 13.8. The van der Waals surface area contributed by atoms with Crippen molar-refractivity contribution < 1.29 is 19.7 Å². The van der Waals surface area contributed by atoms with Gasteiger partial charge in [0.25, 0.3) is 0 Å². The van der Waals surface area contributed by atoms with Gasteiger partial charge in [-0.3, -0.25) is 0 Å². The van der Waals surface area contributed by atoms with Crippen molar-refractivity contribution in [3.63, 3.8) is 0 Å². The molecule has 19 heavy (non-hydrogen) atoms. The summed E-state index contributed by atoms with van der Waals surface area (Å²) in [5, 5.41) is 19.6. The molecule has 3 aliphatic rings. The standard InChI is InChI=1S/C15H20O4/c1-8-9-5-11-10(7-16)12(17)3-4-15(11,2)6-13(9)19-14(8)18/h9,12-13,16-17H,1,3-7H2,2H3. The van der Waals surface area contributed by atoms with Gasteiger partial charge >= 0.3 is 5.97 Å². The Morgan fingerprint density at radius 1 is 1.53 bits per heavy atom. The fourth-order valence-electron chi connectivity index (χ4n) is 3.95. The minimum atomic E-state index is -0.545. The number of carbonyl (C=O) groups is 1. The Hall–Kier alpha value is -1.13. The number of hydrogen-bond acceptors (Lipinski definition) is 4. The Kier molecular flexibility index (Phi) is 2.84. The number of ether oxygens (including phenoxy) is 1. The van der Waals surface area contributed by atoms with E-state index in [1.54, 1.807) is 0 Å². The molecule has 0 radical (unpaired) electrons. The van der Waals surface area contributed by atoms with Crippen molar-refractivity contribution in [3.8, 4) is 0 Å². The van der Waals surface area contributed by atoms with Crippen LogP contribution in [0.25, 0.3) is 0 Å². The molecule has 1 saturated heterocycles. The van der Waals surface area contributed by atoms with E-state index < -0.39 is 6.10 Å². The van der Waals surface area contributed by atoms with Crippen molar-refractivity contribution in [1.82, 2.24) is 0 Å². The van der Waals surface area contributed by atoms with E-state index in [0.717, 1.165) is 24.0 Å². The van der Waals surface area contributed by atoms with Crippen molar-refractivity contribution in [2.45, 2.75) is 44.8 Å². The average Bonchev–Trinajstić information content (AvgIpc) is 2.63. The molecule has 2 N–H and O–H groups in total. The van der Waals surface area contributed by atoms with Crippen molar-refractivity contribution in [1.29, 1.82) is 0 Å². The smallest absolute Gasteiger partial charge is 0.334 e. The first-order valence-electron chi connectivity index (χ1n) is 6.87. The van der Waals surface area contributed by atoms with Gasteiger partial charge < -0.3 is 14.9 Å². The summed E-state index contributed by atoms with van der Waals surface area (Å²) < 4.78 is 5.40. The number of fused-ring (bicyclic) bond motifs is 2. The van der Waals surface area contributed by atoms with Crippen LogP contribution in [0.2, 0.25) is 0 Å². The van der Waals surface area contributed by atoms with Crippen LogP contribution in [-0.4, -0.2) is 35.0 Å². The number of rotatable bonds is 1. The van der Waals surface area contributed by atoms with E-state index in [2.05, 4.69) is 13.5 Å². The van der Waals surface area contributed by atoms with Crippen LogP contribution >= 0.6 is 0 Å². The van der Waals surface area contributed by atoms with E-state index in [-0.39, 0.29) is 30.0 Å². The predicted molar refractivity (Wildman–Crippen MR) is 69.2 cm³/mol. The molecule has 4 nitrogen and oxygen atoms in total. The minimum absolute atomic E-state index is 0.0161. The van der Waals surface area contributed by atoms with E-state index in [4.69, 9.17) is 4.74 Å². The zero-order valence-corrected chi connectivity index (χ0v) is 11.2. The monoisotopic (exact) mass is 264 g/mol. The molecule has 104 valence electrons. The molecule has 0 aromatic carbocycles. The van der Waals surface area contributed by atoms with Crippen LogP contribution in [0.5, 0.6) is 0 Å². The molecule has 0 spiro atoms. The third-order valence-electron chi connectivity index (χ3n) is 5.15. The van der Waals surface area contributed by atoms with Gasteiger partial charge in [-0.2, -0.15) is 0 Å². The first kappa shape index (κ1) is 12.9. The highest BCUT2D eigenvalue weighted by atomic mass is 16.6. The quantitative estimate of drug-likeness (QED) is 0.426. The van der Waals surface area contributed by atoms with E-state index in [9.17, 15) is 15.0 Å². The summed E-state index contributed by atoms with van der Waals surface area (Å²) in [4.78, 5) is 11.6. The SMILES string of the molecule is C=C1C(=O)OC2CC3(C)CCC(O)C(CO)=C3CC12. The lowest BCUT2D eigenvalue weighted by molar-refractivity contribution is -0.140. The van der Waals surface area contributed by atoms with Crippen LogP contribution < -0.4 is 0 Å². The lowest BCUT2D eigenvalue weighted by Gasteiger charge is -2.46. The van der Waals surface area contributed by atoms with Crippen LogP contribution in [0, 0.1) is 11.3 Å². The zero-order valence-electron chi connectivity index (χ0n) is 11.2. The van der Waals surface area contributed by atoms with E-state index >= 15 is 0 Å². The molecule has 2 fully saturated rings. The number of allylic oxidation sites excluding steroid dienone is 1. The Morgan fingerprint density at radius 3 is 2.95 bits per heavy atom. The second-order valence-electron chi connectivity index (χ2n) is 6.26. The molecular weight excluding hydrogens is 244 g/mol. The Morgan fingerprint density at radius 2 is 2.26 bits per heavy atom. The minimum Gasteiger partial charge on any atom is -0.458 e. The molecule has 1 saturated carbocycles. The molecule has 2 aliphatic carbocycles. The molecule has 1 aliphatic heterocycles. The molecule has 3 rings (SSSR count). The summed E-state index contributed by atoms with van der Waals surface area (Å²) in [7, 11) is 0. The largest absolute Gasteiger partial charge is 0.458 e. The van der Waals surface area contributed by atoms with Crippen LogP contribution in [-0.2, 0) is 9.53 Å². The summed E-state index contributed by atoms with van der Waals surface area (Å²) in [5.74, 6) is -0.272. The normalized spacial score (nSPS) is 41.9. The molecular formula is C15H20O4. The molecule has 0 amide bonds. The van der Waals surface area contributed by atoms with Crippen molar-refractivity contribution in [3.05, 3.63) is 23.3 Å². The third-order valence-corrected chi connectivity index (χ3v) is 5.15. The van der Waals surface area contributed by atoms with Gasteiger partial charge in [-0.25, -0.2) is 4.79 Å². The second-order valence-corrected chi connectivity index (χ2v) is 6.26. The highest BCUT2D eigenvalue weighted by Crippen LogP contribution is 2.54. The first-order valence-corrected chi connectivity index (χ1v) is 6.87. The Balaban J connectivity index is 2.01. The van der Waals surface area contributed by atoms with Crippen molar-refractivity contribution in [2.75, 3.05) is 6.61 Å². The first-order chi connectivity index (χ1) is 8.96. The summed E-state index contributed by atoms with van der Waals surface area (Å²) in [6, 6.07) is 0. The number of hydrogen-bond donors (Lipinski definition) is 2. The van der Waals surface area contributed by atoms with Gasteiger partial charge in [0.15, 0.2) is 0 Å². The topological polar surface area (TPSA) is 66.8 Å². The fourth-order valence-corrected chi connectivity index (χ4v) is 3.95. The van der Waals surface area contributed by atoms with Crippen LogP contribution in [0.4, 0.5) is 0 Å². The molecule has 1 heterocycles. The number of carbonyl (C=O) groups excluding carboxylic acids is 1. The summed E-state index contributed by atoms with van der Waals surface area (Å²) in [6.07, 6.45) is 2.37. The number of aliphatic hydroxyl groups is 2. The summed E-state index contributed by atoms with van der Waals surface area (Å²) >= 11 is 0. The van der Waals surface area contributed by atoms with Crippen LogP contribution in [0.3, 0.4) is 0 Å². The maximum Gasteiger partial charge on any atom is 0.334 e. The maximum atomic E-state index is 11.6. The molecule has 4 heteroatoms. The molecule has 4 unspecified atom stereocenters. The van der Waals surface area contributed by atoms with Gasteiger partial charge in [-0.05, 0) is 36.7 Å². The average molecular weight is 264 g/mol. The van der Waals surface area contributed by atoms with E-state index in [0.29, 0.717) is 18.4 Å². The van der Waals surface area contributed by atoms with Crippen molar-refractivity contribution in [2.24, 2.45) is 11.3 Å². The molecule has 4 atom stereocenters. The fraction of sp³-hybridized carbons (Fsp3) is 0.667. The lowest BCUT2D eigenvalue weighted by atomic mass is 9.60. The van der Waals surface area contributed by atoms with Gasteiger partial charge in [0.1, 0.15) is 6.10 Å². The summed E-state index contributed by atoms with van der Waals surface area (Å²) in [6.45, 7) is 5.87. The van der Waals surface area contributed by atoms with Gasteiger partial charge in [-0.15, -0.1) is 0 Å². The molecule has 0 aromatic rings. The van der Waals surface area contributed by atoms with Crippen LogP contribution in [0.15, 0.2) is 23.3 Å². The summed E-state index contributed by atoms with van der Waals surface area (Å²) in [5.41, 5.74) is 2.34. The van der Waals surface area contributed by atoms with E-state index in [1.165, 1.54) is 0 Å². The molecule has 0 aromatic heterocycles. The maximum absolute atomic E-state index is 11.6. The highest BCUT2D eigenvalue weighted by molar-refractivity contribution is 5.91. The number of esters is 1. The van der Waals surface area contributed by atoms with Gasteiger partial charge in [0.2, 0.25) is 0 Å². The third kappa shape index (κ3) is 1.77. The van der Waals surface area contributed by atoms with Gasteiger partial charge in [-0.1, -0.05) is 19.1 Å². The Bertz CT molecular complexity index is 479. The predicted octanol–water partition coefficient (Wildman–Crippen LogP) is 1.33. The van der Waals surface area contributed by atoms with Crippen molar-refractivity contribution >= 4 is 5.97 Å². The Labute approximate surface area is 112 Å². The van der Waals surface area contributed by atoms with Crippen LogP contribution in [0.1, 0.15) is 32.6 Å². The van der Waals surface area contributed by atoms with Gasteiger partial charge in [0.05, 0.1) is 12.7 Å². The van der Waals surface area contributed by atoms with Gasteiger partial charge in [0, 0.05) is 11.5 Å². The highest BCUT2D eigenvalue weighted by Gasteiger charge is 2.51. The molecule has 0 bridgehead atoms. The lowest BCUT2D eigenvalue weighted by Crippen LogP contribution is -2.41. The van der Waals surface area contributed by atoms with E-state index in [1.807, 2.05) is 0 Å². The number of aliphatic hydroxyl groups excluding tert-OH is 2. The second kappa shape index (κ2) is 4.18.